The maximum atomic E-state index is 10.2. The summed E-state index contributed by atoms with van der Waals surface area (Å²) in [5.74, 6) is 0.776. The first-order valence-electron chi connectivity index (χ1n) is 2.33. The minimum atomic E-state index is -0.000880. The zero-order valence-corrected chi connectivity index (χ0v) is 5.62. The normalized spacial score (nSPS) is 8.75. The number of hydrogen-bond acceptors (Lipinski definition) is 3. The number of nitrogens with two attached hydrogens (primary N) is 1. The third-order valence-electron chi connectivity index (χ3n) is 0.594. The van der Waals surface area contributed by atoms with Crippen LogP contribution in [0.4, 0.5) is 0 Å². The van der Waals surface area contributed by atoms with Crippen molar-refractivity contribution < 1.29 is 4.79 Å². The standard InChI is InChI=1S/C4H10N2OS/c1-4(7)6-2-3-8-5/h2-3,5H2,1H3,(H,6,7). The highest BCUT2D eigenvalue weighted by Gasteiger charge is 1.86. The molecule has 0 aromatic heterocycles. The van der Waals surface area contributed by atoms with Gasteiger partial charge in [-0.1, -0.05) is 11.9 Å². The molecule has 0 aliphatic rings. The molecule has 48 valence electrons. The molecule has 3 N–H and O–H groups in total. The lowest BCUT2D eigenvalue weighted by atomic mass is 10.6. The van der Waals surface area contributed by atoms with Crippen LogP contribution in [0.2, 0.25) is 0 Å². The molecule has 0 spiro atoms. The van der Waals surface area contributed by atoms with Crippen molar-refractivity contribution in [2.24, 2.45) is 5.14 Å². The van der Waals surface area contributed by atoms with Gasteiger partial charge in [0.1, 0.15) is 0 Å². The van der Waals surface area contributed by atoms with Crippen molar-refractivity contribution in [2.45, 2.75) is 6.92 Å². The molecule has 0 atom stereocenters. The number of nitrogens with one attached hydrogen (secondary N) is 1. The average molecular weight is 134 g/mol. The summed E-state index contributed by atoms with van der Waals surface area (Å²) >= 11 is 1.23. The molecule has 0 saturated carbocycles. The quantitative estimate of drug-likeness (QED) is 0.412. The Morgan fingerprint density at radius 2 is 2.50 bits per heavy atom. The van der Waals surface area contributed by atoms with E-state index in [1.807, 2.05) is 0 Å². The van der Waals surface area contributed by atoms with Gasteiger partial charge in [0.05, 0.1) is 0 Å². The van der Waals surface area contributed by atoms with Crippen LogP contribution >= 0.6 is 11.9 Å². The Morgan fingerprint density at radius 3 is 2.88 bits per heavy atom. The van der Waals surface area contributed by atoms with E-state index in [1.165, 1.54) is 18.9 Å². The number of carbonyl (C=O) groups is 1. The van der Waals surface area contributed by atoms with Gasteiger partial charge in [-0.15, -0.1) is 0 Å². The lowest BCUT2D eigenvalue weighted by Crippen LogP contribution is -2.22. The van der Waals surface area contributed by atoms with Crippen molar-refractivity contribution in [1.29, 1.82) is 0 Å². The van der Waals surface area contributed by atoms with Crippen molar-refractivity contribution in [2.75, 3.05) is 12.3 Å². The van der Waals surface area contributed by atoms with Crippen LogP contribution in [-0.2, 0) is 4.79 Å². The Hall–Kier alpha value is -0.220. The molecule has 3 nitrogen and oxygen atoms in total. The molecule has 0 fully saturated rings. The van der Waals surface area contributed by atoms with Crippen LogP contribution < -0.4 is 10.5 Å². The second-order valence-electron chi connectivity index (χ2n) is 1.35. The predicted octanol–water partition coefficient (Wildman–Crippen LogP) is -0.271. The lowest BCUT2D eigenvalue weighted by molar-refractivity contribution is -0.118. The minimum Gasteiger partial charge on any atom is -0.355 e. The van der Waals surface area contributed by atoms with E-state index in [1.54, 1.807) is 0 Å². The molecule has 4 heteroatoms. The van der Waals surface area contributed by atoms with Crippen LogP contribution in [0.25, 0.3) is 0 Å². The Bertz CT molecular complexity index is 76.4. The molecule has 0 aliphatic heterocycles. The van der Waals surface area contributed by atoms with Crippen LogP contribution in [0, 0.1) is 0 Å². The summed E-state index contributed by atoms with van der Waals surface area (Å²) in [6, 6.07) is 0. The van der Waals surface area contributed by atoms with Gasteiger partial charge in [0.15, 0.2) is 0 Å². The third-order valence-corrected chi connectivity index (χ3v) is 1.03. The number of rotatable bonds is 3. The second kappa shape index (κ2) is 4.93. The first-order valence-corrected chi connectivity index (χ1v) is 3.38. The monoisotopic (exact) mass is 134 g/mol. The zero-order valence-electron chi connectivity index (χ0n) is 4.81. The zero-order chi connectivity index (χ0) is 6.41. The molecule has 0 rings (SSSR count). The Kier molecular flexibility index (Phi) is 4.79. The number of hydrogen-bond donors (Lipinski definition) is 2. The van der Waals surface area contributed by atoms with E-state index in [0.29, 0.717) is 6.54 Å². The fraction of sp³-hybridized carbons (Fsp3) is 0.750. The first kappa shape index (κ1) is 7.78. The van der Waals surface area contributed by atoms with Gasteiger partial charge >= 0.3 is 0 Å². The predicted molar refractivity (Wildman–Crippen MR) is 35.3 cm³/mol. The van der Waals surface area contributed by atoms with Crippen LogP contribution in [-0.4, -0.2) is 18.2 Å². The smallest absolute Gasteiger partial charge is 0.216 e. The highest BCUT2D eigenvalue weighted by molar-refractivity contribution is 7.97. The van der Waals surface area contributed by atoms with E-state index in [9.17, 15) is 4.79 Å². The summed E-state index contributed by atoms with van der Waals surface area (Å²) in [5.41, 5.74) is 0. The van der Waals surface area contributed by atoms with Gasteiger partial charge in [-0.3, -0.25) is 9.93 Å². The number of carbonyl (C=O) groups excluding carboxylic acids is 1. The topological polar surface area (TPSA) is 55.1 Å². The van der Waals surface area contributed by atoms with E-state index in [2.05, 4.69) is 5.32 Å². The summed E-state index contributed by atoms with van der Waals surface area (Å²) in [4.78, 5) is 10.2. The first-order chi connectivity index (χ1) is 3.77. The third kappa shape index (κ3) is 5.78. The second-order valence-corrected chi connectivity index (χ2v) is 2.10. The van der Waals surface area contributed by atoms with Crippen molar-refractivity contribution in [3.05, 3.63) is 0 Å². The fourth-order valence-corrected chi connectivity index (χ4v) is 0.506. The molecule has 0 bridgehead atoms. The minimum absolute atomic E-state index is 0.000880. The van der Waals surface area contributed by atoms with Gasteiger partial charge in [-0.2, -0.15) is 0 Å². The summed E-state index contributed by atoms with van der Waals surface area (Å²) in [5, 5.41) is 7.69. The van der Waals surface area contributed by atoms with E-state index in [0.717, 1.165) is 5.75 Å². The summed E-state index contributed by atoms with van der Waals surface area (Å²) in [7, 11) is 0. The van der Waals surface area contributed by atoms with Crippen LogP contribution in [0.15, 0.2) is 0 Å². The largest absolute Gasteiger partial charge is 0.355 e. The van der Waals surface area contributed by atoms with Gasteiger partial charge in [0, 0.05) is 19.2 Å². The maximum Gasteiger partial charge on any atom is 0.216 e. The van der Waals surface area contributed by atoms with Crippen LogP contribution in [0.3, 0.4) is 0 Å². The van der Waals surface area contributed by atoms with Crippen molar-refractivity contribution >= 4 is 17.9 Å². The average Bonchev–Trinajstić information content (AvgIpc) is 1.66. The molecular formula is C4H10N2OS. The molecule has 0 aromatic rings. The highest BCUT2D eigenvalue weighted by atomic mass is 32.2. The molecule has 0 aliphatic carbocycles. The summed E-state index contributed by atoms with van der Waals surface area (Å²) in [6.45, 7) is 2.15. The Balaban J connectivity index is 2.82. The molecular weight excluding hydrogens is 124 g/mol. The van der Waals surface area contributed by atoms with E-state index in [4.69, 9.17) is 5.14 Å². The Morgan fingerprint density at radius 1 is 1.88 bits per heavy atom. The molecule has 0 radical (unpaired) electrons. The van der Waals surface area contributed by atoms with E-state index < -0.39 is 0 Å². The van der Waals surface area contributed by atoms with Gasteiger partial charge in [0.2, 0.25) is 5.91 Å². The van der Waals surface area contributed by atoms with Crippen molar-refractivity contribution in [1.82, 2.24) is 5.32 Å². The summed E-state index contributed by atoms with van der Waals surface area (Å²) < 4.78 is 0. The fourth-order valence-electron chi connectivity index (χ4n) is 0.286. The maximum absolute atomic E-state index is 10.2. The Labute approximate surface area is 53.1 Å². The van der Waals surface area contributed by atoms with Crippen molar-refractivity contribution in [3.63, 3.8) is 0 Å². The summed E-state index contributed by atoms with van der Waals surface area (Å²) in [6.07, 6.45) is 0. The number of amides is 1. The molecule has 0 unspecified atom stereocenters. The van der Waals surface area contributed by atoms with Crippen LogP contribution in [0.1, 0.15) is 6.92 Å². The SMILES string of the molecule is CC(=O)NCCSN. The van der Waals surface area contributed by atoms with Crippen LogP contribution in [0.5, 0.6) is 0 Å². The highest BCUT2D eigenvalue weighted by Crippen LogP contribution is 1.79. The van der Waals surface area contributed by atoms with Gasteiger partial charge in [-0.05, 0) is 0 Å². The van der Waals surface area contributed by atoms with Gasteiger partial charge < -0.3 is 5.32 Å². The van der Waals surface area contributed by atoms with E-state index >= 15 is 0 Å². The van der Waals surface area contributed by atoms with Gasteiger partial charge in [-0.25, -0.2) is 0 Å². The molecule has 0 aromatic carbocycles. The molecule has 8 heavy (non-hydrogen) atoms. The van der Waals surface area contributed by atoms with Crippen molar-refractivity contribution in [3.8, 4) is 0 Å². The molecule has 1 amide bonds. The van der Waals surface area contributed by atoms with E-state index in [-0.39, 0.29) is 5.91 Å². The molecule has 0 saturated heterocycles. The molecule has 0 heterocycles. The lowest BCUT2D eigenvalue weighted by Gasteiger charge is -1.96. The van der Waals surface area contributed by atoms with Gasteiger partial charge in [0.25, 0.3) is 0 Å².